The number of hydrogen-bond donors (Lipinski definition) is 0. The Bertz CT molecular complexity index is 662. The summed E-state index contributed by atoms with van der Waals surface area (Å²) in [5.74, 6) is 0.420. The number of carbonyl (C=O) groups excluding carboxylic acids is 1. The lowest BCUT2D eigenvalue weighted by Crippen LogP contribution is -2.42. The quantitative estimate of drug-likeness (QED) is 0.780. The molecule has 1 aromatic heterocycles. The normalized spacial score (nSPS) is 19.6. The largest absolute Gasteiger partial charge is 0.449 e. The molecule has 0 radical (unpaired) electrons. The van der Waals surface area contributed by atoms with E-state index in [1.165, 1.54) is 6.42 Å². The molecule has 1 aliphatic rings. The van der Waals surface area contributed by atoms with Crippen molar-refractivity contribution >= 4 is 28.5 Å². The van der Waals surface area contributed by atoms with Crippen molar-refractivity contribution in [3.63, 3.8) is 0 Å². The van der Waals surface area contributed by atoms with Gasteiger partial charge < -0.3 is 9.32 Å². The highest BCUT2D eigenvalue weighted by atomic mass is 35.5. The predicted octanol–water partition coefficient (Wildman–Crippen LogP) is 4.41. The number of likely N-dealkylation sites (tertiary alicyclic amines) is 1. The molecular formula is C16H18ClNO2. The molecule has 2 aromatic rings. The van der Waals surface area contributed by atoms with Gasteiger partial charge in [0.05, 0.1) is 5.02 Å². The van der Waals surface area contributed by atoms with Crippen molar-refractivity contribution in [2.45, 2.75) is 39.2 Å². The second kappa shape index (κ2) is 5.13. The molecule has 106 valence electrons. The van der Waals surface area contributed by atoms with E-state index in [9.17, 15) is 4.79 Å². The first kappa shape index (κ1) is 13.5. The summed E-state index contributed by atoms with van der Waals surface area (Å²) in [6.07, 6.45) is 3.32. The van der Waals surface area contributed by atoms with Crippen molar-refractivity contribution in [3.05, 3.63) is 34.5 Å². The fraction of sp³-hybridized carbons (Fsp3) is 0.438. The van der Waals surface area contributed by atoms with Crippen LogP contribution in [0.5, 0.6) is 0 Å². The number of fused-ring (bicyclic) bond motifs is 1. The highest BCUT2D eigenvalue weighted by molar-refractivity contribution is 6.35. The molecule has 1 unspecified atom stereocenters. The summed E-state index contributed by atoms with van der Waals surface area (Å²) < 4.78 is 5.77. The Labute approximate surface area is 123 Å². The number of carbonyl (C=O) groups is 1. The molecule has 1 fully saturated rings. The number of para-hydroxylation sites is 1. The van der Waals surface area contributed by atoms with Crippen LogP contribution in [0.4, 0.5) is 0 Å². The lowest BCUT2D eigenvalue weighted by molar-refractivity contribution is 0.0604. The van der Waals surface area contributed by atoms with E-state index in [2.05, 4.69) is 6.92 Å². The fourth-order valence-electron chi connectivity index (χ4n) is 2.94. The van der Waals surface area contributed by atoms with Gasteiger partial charge in [-0.05, 0) is 39.2 Å². The molecule has 0 bridgehead atoms. The molecule has 1 aromatic carbocycles. The van der Waals surface area contributed by atoms with Gasteiger partial charge in [0, 0.05) is 23.5 Å². The minimum atomic E-state index is -0.0121. The lowest BCUT2D eigenvalue weighted by Gasteiger charge is -2.32. The first-order chi connectivity index (χ1) is 9.59. The van der Waals surface area contributed by atoms with E-state index in [0.29, 0.717) is 16.4 Å². The average molecular weight is 292 g/mol. The summed E-state index contributed by atoms with van der Waals surface area (Å²) in [5.41, 5.74) is 1.49. The summed E-state index contributed by atoms with van der Waals surface area (Å²) in [5, 5.41) is 1.47. The number of rotatable bonds is 1. The number of nitrogens with zero attached hydrogens (tertiary/aromatic N) is 1. The predicted molar refractivity (Wildman–Crippen MR) is 80.3 cm³/mol. The van der Waals surface area contributed by atoms with Crippen LogP contribution in [0.25, 0.3) is 11.0 Å². The molecule has 1 saturated heterocycles. The molecule has 1 aliphatic heterocycles. The number of halogens is 1. The average Bonchev–Trinajstić information content (AvgIpc) is 2.78. The molecule has 0 N–H and O–H groups in total. The molecule has 0 aliphatic carbocycles. The molecule has 0 saturated carbocycles. The van der Waals surface area contributed by atoms with E-state index in [1.807, 2.05) is 24.0 Å². The zero-order valence-electron chi connectivity index (χ0n) is 11.8. The number of amides is 1. The van der Waals surface area contributed by atoms with Gasteiger partial charge in [-0.1, -0.05) is 23.7 Å². The molecule has 0 spiro atoms. The number of piperidine rings is 1. The SMILES string of the molecule is Cc1c(C(=O)N2CCCCC2C)oc2c(Cl)cccc12. The maximum absolute atomic E-state index is 12.7. The minimum absolute atomic E-state index is 0.0121. The van der Waals surface area contributed by atoms with E-state index >= 15 is 0 Å². The van der Waals surface area contributed by atoms with Crippen molar-refractivity contribution in [1.82, 2.24) is 4.90 Å². The fourth-order valence-corrected chi connectivity index (χ4v) is 3.16. The van der Waals surface area contributed by atoms with Crippen LogP contribution in [0.3, 0.4) is 0 Å². The Balaban J connectivity index is 2.03. The van der Waals surface area contributed by atoms with E-state index in [0.717, 1.165) is 30.3 Å². The maximum Gasteiger partial charge on any atom is 0.290 e. The van der Waals surface area contributed by atoms with Crippen LogP contribution in [0.15, 0.2) is 22.6 Å². The highest BCUT2D eigenvalue weighted by Gasteiger charge is 2.28. The summed E-state index contributed by atoms with van der Waals surface area (Å²) in [4.78, 5) is 14.6. The summed E-state index contributed by atoms with van der Waals surface area (Å²) in [7, 11) is 0. The zero-order chi connectivity index (χ0) is 14.3. The molecule has 3 nitrogen and oxygen atoms in total. The van der Waals surface area contributed by atoms with Crippen molar-refractivity contribution in [2.24, 2.45) is 0 Å². The van der Waals surface area contributed by atoms with Gasteiger partial charge in [-0.3, -0.25) is 4.79 Å². The van der Waals surface area contributed by atoms with Crippen LogP contribution in [-0.4, -0.2) is 23.4 Å². The van der Waals surface area contributed by atoms with Crippen LogP contribution in [0.1, 0.15) is 42.3 Å². The Morgan fingerprint density at radius 1 is 1.40 bits per heavy atom. The third-order valence-corrected chi connectivity index (χ3v) is 4.47. The third kappa shape index (κ3) is 2.10. The van der Waals surface area contributed by atoms with E-state index in [-0.39, 0.29) is 11.9 Å². The summed E-state index contributed by atoms with van der Waals surface area (Å²) >= 11 is 6.14. The van der Waals surface area contributed by atoms with Crippen molar-refractivity contribution < 1.29 is 9.21 Å². The number of hydrogen-bond acceptors (Lipinski definition) is 2. The van der Waals surface area contributed by atoms with Gasteiger partial charge in [0.2, 0.25) is 0 Å². The molecule has 3 rings (SSSR count). The van der Waals surface area contributed by atoms with E-state index in [4.69, 9.17) is 16.0 Å². The van der Waals surface area contributed by atoms with Gasteiger partial charge >= 0.3 is 0 Å². The van der Waals surface area contributed by atoms with Gasteiger partial charge in [0.25, 0.3) is 5.91 Å². The van der Waals surface area contributed by atoms with Gasteiger partial charge in [-0.15, -0.1) is 0 Å². The molecule has 1 amide bonds. The van der Waals surface area contributed by atoms with Crippen LogP contribution in [-0.2, 0) is 0 Å². The first-order valence-electron chi connectivity index (χ1n) is 7.08. The molecule has 1 atom stereocenters. The van der Waals surface area contributed by atoms with Crippen molar-refractivity contribution in [1.29, 1.82) is 0 Å². The Kier molecular flexibility index (Phi) is 3.47. The topological polar surface area (TPSA) is 33.5 Å². The molecule has 4 heteroatoms. The summed E-state index contributed by atoms with van der Waals surface area (Å²) in [6, 6.07) is 5.88. The van der Waals surface area contributed by atoms with Crippen LogP contribution in [0.2, 0.25) is 5.02 Å². The van der Waals surface area contributed by atoms with Crippen LogP contribution < -0.4 is 0 Å². The smallest absolute Gasteiger partial charge is 0.290 e. The standard InChI is InChI=1S/C16H18ClNO2/c1-10-6-3-4-9-18(10)16(19)14-11(2)12-7-5-8-13(17)15(12)20-14/h5,7-8,10H,3-4,6,9H2,1-2H3. The van der Waals surface area contributed by atoms with Gasteiger partial charge in [0.1, 0.15) is 0 Å². The Morgan fingerprint density at radius 3 is 2.90 bits per heavy atom. The number of furan rings is 1. The third-order valence-electron chi connectivity index (χ3n) is 4.17. The van der Waals surface area contributed by atoms with Gasteiger partial charge in [-0.2, -0.15) is 0 Å². The summed E-state index contributed by atoms with van der Waals surface area (Å²) in [6.45, 7) is 4.83. The maximum atomic E-state index is 12.7. The highest BCUT2D eigenvalue weighted by Crippen LogP contribution is 2.32. The number of aryl methyl sites for hydroxylation is 1. The van der Waals surface area contributed by atoms with E-state index in [1.54, 1.807) is 6.07 Å². The van der Waals surface area contributed by atoms with E-state index < -0.39 is 0 Å². The monoisotopic (exact) mass is 291 g/mol. The van der Waals surface area contributed by atoms with Gasteiger partial charge in [0.15, 0.2) is 11.3 Å². The first-order valence-corrected chi connectivity index (χ1v) is 7.46. The van der Waals surface area contributed by atoms with Crippen LogP contribution >= 0.6 is 11.6 Å². The van der Waals surface area contributed by atoms with Crippen LogP contribution in [0, 0.1) is 6.92 Å². The van der Waals surface area contributed by atoms with Crippen molar-refractivity contribution in [3.8, 4) is 0 Å². The van der Waals surface area contributed by atoms with Gasteiger partial charge in [-0.25, -0.2) is 0 Å². The Morgan fingerprint density at radius 2 is 2.20 bits per heavy atom. The Hall–Kier alpha value is -1.48. The molecular weight excluding hydrogens is 274 g/mol. The second-order valence-electron chi connectivity index (χ2n) is 5.52. The lowest BCUT2D eigenvalue weighted by atomic mass is 10.0. The molecule has 2 heterocycles. The minimum Gasteiger partial charge on any atom is -0.449 e. The zero-order valence-corrected chi connectivity index (χ0v) is 12.5. The van der Waals surface area contributed by atoms with Crippen molar-refractivity contribution in [2.75, 3.05) is 6.54 Å². The molecule has 20 heavy (non-hydrogen) atoms. The number of benzene rings is 1. The second-order valence-corrected chi connectivity index (χ2v) is 5.92.